The van der Waals surface area contributed by atoms with Gasteiger partial charge in [0.2, 0.25) is 0 Å². The van der Waals surface area contributed by atoms with E-state index in [4.69, 9.17) is 10.5 Å². The second kappa shape index (κ2) is 5.61. The molecule has 0 aliphatic rings. The van der Waals surface area contributed by atoms with E-state index in [1.165, 1.54) is 25.3 Å². The molecule has 0 unspecified atom stereocenters. The molecule has 0 saturated carbocycles. The van der Waals surface area contributed by atoms with Crippen LogP contribution in [-0.4, -0.2) is 25.9 Å². The standard InChI is InChI=1S/C11H12F3NO3/c1-17-10(16)8-6-7(2-3-9(8)15)18-5-4-11(12,13)14/h2-3,6H,4-5,15H2,1H3. The molecule has 0 aliphatic carbocycles. The van der Waals surface area contributed by atoms with E-state index >= 15 is 0 Å². The van der Waals surface area contributed by atoms with Crippen LogP contribution >= 0.6 is 0 Å². The lowest BCUT2D eigenvalue weighted by atomic mass is 10.2. The summed E-state index contributed by atoms with van der Waals surface area (Å²) in [5.41, 5.74) is 5.76. The van der Waals surface area contributed by atoms with Crippen molar-refractivity contribution in [2.24, 2.45) is 0 Å². The Labute approximate surface area is 101 Å². The first kappa shape index (κ1) is 14.1. The highest BCUT2D eigenvalue weighted by molar-refractivity contribution is 5.95. The Balaban J connectivity index is 2.71. The smallest absolute Gasteiger partial charge is 0.392 e. The highest BCUT2D eigenvalue weighted by Crippen LogP contribution is 2.23. The molecule has 0 saturated heterocycles. The maximum absolute atomic E-state index is 11.9. The largest absolute Gasteiger partial charge is 0.493 e. The molecule has 0 heterocycles. The molecule has 0 bridgehead atoms. The first-order valence-electron chi connectivity index (χ1n) is 5.01. The second-order valence-corrected chi connectivity index (χ2v) is 3.45. The van der Waals surface area contributed by atoms with Gasteiger partial charge in [-0.05, 0) is 18.2 Å². The number of nitrogen functional groups attached to an aromatic ring is 1. The summed E-state index contributed by atoms with van der Waals surface area (Å²) in [6, 6.07) is 4.00. The van der Waals surface area contributed by atoms with Crippen LogP contribution < -0.4 is 10.5 Å². The molecule has 18 heavy (non-hydrogen) atoms. The second-order valence-electron chi connectivity index (χ2n) is 3.45. The summed E-state index contributed by atoms with van der Waals surface area (Å²) < 4.78 is 45.1. The summed E-state index contributed by atoms with van der Waals surface area (Å²) in [6.07, 6.45) is -5.34. The lowest BCUT2D eigenvalue weighted by Gasteiger charge is -2.10. The fraction of sp³-hybridized carbons (Fsp3) is 0.364. The minimum Gasteiger partial charge on any atom is -0.493 e. The van der Waals surface area contributed by atoms with E-state index in [0.29, 0.717) is 0 Å². The number of ether oxygens (including phenoxy) is 2. The molecule has 2 N–H and O–H groups in total. The van der Waals surface area contributed by atoms with Gasteiger partial charge in [-0.2, -0.15) is 13.2 Å². The van der Waals surface area contributed by atoms with Crippen molar-refractivity contribution in [2.75, 3.05) is 19.5 Å². The van der Waals surface area contributed by atoms with Crippen LogP contribution in [0.1, 0.15) is 16.8 Å². The molecule has 100 valence electrons. The fourth-order valence-electron chi connectivity index (χ4n) is 1.20. The minimum absolute atomic E-state index is 0.0574. The molecule has 0 amide bonds. The summed E-state index contributed by atoms with van der Waals surface area (Å²) in [7, 11) is 1.18. The number of carbonyl (C=O) groups is 1. The van der Waals surface area contributed by atoms with E-state index < -0.39 is 25.2 Å². The normalized spacial score (nSPS) is 11.1. The molecule has 0 radical (unpaired) electrons. The van der Waals surface area contributed by atoms with Crippen molar-refractivity contribution in [3.63, 3.8) is 0 Å². The first-order valence-corrected chi connectivity index (χ1v) is 5.01. The maximum Gasteiger partial charge on any atom is 0.392 e. The third-order valence-corrected chi connectivity index (χ3v) is 2.08. The van der Waals surface area contributed by atoms with E-state index in [1.807, 2.05) is 0 Å². The number of carbonyl (C=O) groups excluding carboxylic acids is 1. The molecule has 0 spiro atoms. The molecule has 1 aromatic rings. The van der Waals surface area contributed by atoms with Gasteiger partial charge in [-0.1, -0.05) is 0 Å². The van der Waals surface area contributed by atoms with Gasteiger partial charge in [0.05, 0.1) is 25.7 Å². The zero-order chi connectivity index (χ0) is 13.8. The predicted octanol–water partition coefficient (Wildman–Crippen LogP) is 2.39. The van der Waals surface area contributed by atoms with Crippen molar-refractivity contribution in [1.82, 2.24) is 0 Å². The summed E-state index contributed by atoms with van der Waals surface area (Å²) in [5, 5.41) is 0. The number of halogens is 3. The van der Waals surface area contributed by atoms with Crippen LogP contribution in [0.15, 0.2) is 18.2 Å². The van der Waals surface area contributed by atoms with Gasteiger partial charge in [-0.15, -0.1) is 0 Å². The van der Waals surface area contributed by atoms with E-state index in [0.717, 1.165) is 0 Å². The Morgan fingerprint density at radius 2 is 2.06 bits per heavy atom. The Kier molecular flexibility index (Phi) is 4.41. The van der Waals surface area contributed by atoms with Gasteiger partial charge < -0.3 is 15.2 Å². The quantitative estimate of drug-likeness (QED) is 0.669. The molecule has 1 aromatic carbocycles. The molecule has 1 rings (SSSR count). The molecule has 4 nitrogen and oxygen atoms in total. The summed E-state index contributed by atoms with van der Waals surface area (Å²) >= 11 is 0. The third kappa shape index (κ3) is 4.15. The van der Waals surface area contributed by atoms with Gasteiger partial charge in [0.15, 0.2) is 0 Å². The number of benzene rings is 1. The van der Waals surface area contributed by atoms with Crippen LogP contribution in [0.3, 0.4) is 0 Å². The van der Waals surface area contributed by atoms with Crippen LogP contribution in [0.4, 0.5) is 18.9 Å². The number of alkyl halides is 3. The van der Waals surface area contributed by atoms with Gasteiger partial charge >= 0.3 is 12.1 Å². The van der Waals surface area contributed by atoms with E-state index in [2.05, 4.69) is 4.74 Å². The average Bonchev–Trinajstić information content (AvgIpc) is 2.28. The average molecular weight is 263 g/mol. The third-order valence-electron chi connectivity index (χ3n) is 2.08. The van der Waals surface area contributed by atoms with Gasteiger partial charge in [0.25, 0.3) is 0 Å². The zero-order valence-electron chi connectivity index (χ0n) is 9.58. The topological polar surface area (TPSA) is 61.5 Å². The number of hydrogen-bond acceptors (Lipinski definition) is 4. The van der Waals surface area contributed by atoms with Gasteiger partial charge in [-0.25, -0.2) is 4.79 Å². The highest BCUT2D eigenvalue weighted by atomic mass is 19.4. The molecule has 0 aliphatic heterocycles. The zero-order valence-corrected chi connectivity index (χ0v) is 9.58. The van der Waals surface area contributed by atoms with E-state index in [-0.39, 0.29) is 17.0 Å². The predicted molar refractivity (Wildman–Crippen MR) is 58.4 cm³/mol. The van der Waals surface area contributed by atoms with Gasteiger partial charge in [0, 0.05) is 5.69 Å². The van der Waals surface area contributed by atoms with Crippen LogP contribution in [0.5, 0.6) is 5.75 Å². The molecule has 0 fully saturated rings. The summed E-state index contributed by atoms with van der Waals surface area (Å²) in [5.74, 6) is -0.539. The number of methoxy groups -OCH3 is 1. The number of anilines is 1. The Bertz CT molecular complexity index is 432. The van der Waals surface area contributed by atoms with E-state index in [1.54, 1.807) is 0 Å². The van der Waals surface area contributed by atoms with Crippen LogP contribution in [0.2, 0.25) is 0 Å². The Hall–Kier alpha value is -1.92. The van der Waals surface area contributed by atoms with Crippen molar-refractivity contribution in [3.8, 4) is 5.75 Å². The van der Waals surface area contributed by atoms with Gasteiger partial charge in [0.1, 0.15) is 5.75 Å². The molecular formula is C11H12F3NO3. The van der Waals surface area contributed by atoms with Crippen molar-refractivity contribution < 1.29 is 27.4 Å². The van der Waals surface area contributed by atoms with Crippen molar-refractivity contribution in [3.05, 3.63) is 23.8 Å². The number of rotatable bonds is 4. The first-order chi connectivity index (χ1) is 8.33. The number of hydrogen-bond donors (Lipinski definition) is 1. The van der Waals surface area contributed by atoms with Crippen LogP contribution in [-0.2, 0) is 4.74 Å². The maximum atomic E-state index is 11.9. The molecule has 0 atom stereocenters. The van der Waals surface area contributed by atoms with E-state index in [9.17, 15) is 18.0 Å². The Morgan fingerprint density at radius 1 is 1.39 bits per heavy atom. The highest BCUT2D eigenvalue weighted by Gasteiger charge is 2.26. The van der Waals surface area contributed by atoms with Crippen LogP contribution in [0.25, 0.3) is 0 Å². The van der Waals surface area contributed by atoms with Crippen LogP contribution in [0, 0.1) is 0 Å². The Morgan fingerprint density at radius 3 is 2.61 bits per heavy atom. The molecule has 0 aromatic heterocycles. The monoisotopic (exact) mass is 263 g/mol. The molecule has 7 heteroatoms. The van der Waals surface area contributed by atoms with Crippen molar-refractivity contribution in [1.29, 1.82) is 0 Å². The minimum atomic E-state index is -4.28. The lowest BCUT2D eigenvalue weighted by Crippen LogP contribution is -2.13. The number of esters is 1. The lowest BCUT2D eigenvalue weighted by molar-refractivity contribution is -0.139. The summed E-state index contributed by atoms with van der Waals surface area (Å²) in [6.45, 7) is -0.520. The fourth-order valence-corrected chi connectivity index (χ4v) is 1.20. The van der Waals surface area contributed by atoms with Crippen molar-refractivity contribution >= 4 is 11.7 Å². The van der Waals surface area contributed by atoms with Gasteiger partial charge in [-0.3, -0.25) is 0 Å². The summed E-state index contributed by atoms with van der Waals surface area (Å²) in [4.78, 5) is 11.3. The number of nitrogens with two attached hydrogens (primary N) is 1. The molecular weight excluding hydrogens is 251 g/mol. The SMILES string of the molecule is COC(=O)c1cc(OCCC(F)(F)F)ccc1N. The van der Waals surface area contributed by atoms with Crippen molar-refractivity contribution in [2.45, 2.75) is 12.6 Å².